The van der Waals surface area contributed by atoms with Crippen molar-refractivity contribution in [3.63, 3.8) is 0 Å². The quantitative estimate of drug-likeness (QED) is 0.875. The predicted molar refractivity (Wildman–Crippen MR) is 65.2 cm³/mol. The zero-order valence-corrected chi connectivity index (χ0v) is 10.7. The maximum absolute atomic E-state index is 12.7. The summed E-state index contributed by atoms with van der Waals surface area (Å²) in [5, 5.41) is 10.9. The molecule has 1 amide bonds. The SMILES string of the molecule is CC(CCNC(=O)c1ccccc1C(F)(F)F)C(=O)O. The third-order valence-corrected chi connectivity index (χ3v) is 2.76. The first-order valence-corrected chi connectivity index (χ1v) is 5.90. The van der Waals surface area contributed by atoms with E-state index in [-0.39, 0.29) is 13.0 Å². The molecule has 110 valence electrons. The van der Waals surface area contributed by atoms with Crippen LogP contribution in [0.1, 0.15) is 29.3 Å². The zero-order chi connectivity index (χ0) is 15.3. The van der Waals surface area contributed by atoms with Crippen LogP contribution in [0.4, 0.5) is 13.2 Å². The van der Waals surface area contributed by atoms with Gasteiger partial charge in [0.15, 0.2) is 0 Å². The third-order valence-electron chi connectivity index (χ3n) is 2.76. The van der Waals surface area contributed by atoms with Crippen LogP contribution in [0.3, 0.4) is 0 Å². The van der Waals surface area contributed by atoms with Gasteiger partial charge in [-0.3, -0.25) is 9.59 Å². The van der Waals surface area contributed by atoms with Crippen molar-refractivity contribution in [2.24, 2.45) is 5.92 Å². The van der Waals surface area contributed by atoms with E-state index in [4.69, 9.17) is 5.11 Å². The molecule has 0 aliphatic carbocycles. The molecule has 1 atom stereocenters. The van der Waals surface area contributed by atoms with Crippen molar-refractivity contribution >= 4 is 11.9 Å². The molecule has 1 rings (SSSR count). The van der Waals surface area contributed by atoms with E-state index in [9.17, 15) is 22.8 Å². The summed E-state index contributed by atoms with van der Waals surface area (Å²) < 4.78 is 38.1. The maximum Gasteiger partial charge on any atom is 0.417 e. The Morgan fingerprint density at radius 1 is 1.30 bits per heavy atom. The van der Waals surface area contributed by atoms with E-state index < -0.39 is 35.1 Å². The average Bonchev–Trinajstić information content (AvgIpc) is 2.37. The van der Waals surface area contributed by atoms with Crippen molar-refractivity contribution in [2.75, 3.05) is 6.54 Å². The van der Waals surface area contributed by atoms with E-state index in [1.54, 1.807) is 0 Å². The molecule has 20 heavy (non-hydrogen) atoms. The summed E-state index contributed by atoms with van der Waals surface area (Å²) >= 11 is 0. The van der Waals surface area contributed by atoms with Gasteiger partial charge in [-0.1, -0.05) is 19.1 Å². The van der Waals surface area contributed by atoms with Crippen molar-refractivity contribution in [1.82, 2.24) is 5.32 Å². The van der Waals surface area contributed by atoms with E-state index in [0.717, 1.165) is 12.1 Å². The normalized spacial score (nSPS) is 12.8. The number of halogens is 3. The van der Waals surface area contributed by atoms with Crippen molar-refractivity contribution in [3.8, 4) is 0 Å². The number of carbonyl (C=O) groups is 2. The molecule has 0 saturated carbocycles. The Hall–Kier alpha value is -2.05. The molecule has 7 heteroatoms. The highest BCUT2D eigenvalue weighted by Crippen LogP contribution is 2.31. The fraction of sp³-hybridized carbons (Fsp3) is 0.385. The molecule has 0 aliphatic rings. The highest BCUT2D eigenvalue weighted by Gasteiger charge is 2.34. The summed E-state index contributed by atoms with van der Waals surface area (Å²) in [4.78, 5) is 22.3. The second-order valence-electron chi connectivity index (χ2n) is 4.33. The van der Waals surface area contributed by atoms with E-state index >= 15 is 0 Å². The molecule has 0 aromatic heterocycles. The lowest BCUT2D eigenvalue weighted by atomic mass is 10.1. The zero-order valence-electron chi connectivity index (χ0n) is 10.7. The fourth-order valence-corrected chi connectivity index (χ4v) is 1.55. The third kappa shape index (κ3) is 4.25. The summed E-state index contributed by atoms with van der Waals surface area (Å²) in [5.41, 5.74) is -1.48. The van der Waals surface area contributed by atoms with Gasteiger partial charge in [0.2, 0.25) is 0 Å². The first-order chi connectivity index (χ1) is 9.23. The topological polar surface area (TPSA) is 66.4 Å². The molecule has 0 heterocycles. The number of aliphatic carboxylic acids is 1. The molecule has 0 bridgehead atoms. The van der Waals surface area contributed by atoms with E-state index in [2.05, 4.69) is 5.32 Å². The van der Waals surface area contributed by atoms with Gasteiger partial charge in [0.1, 0.15) is 0 Å². The number of carbonyl (C=O) groups excluding carboxylic acids is 1. The molecule has 4 nitrogen and oxygen atoms in total. The predicted octanol–water partition coefficient (Wildman–Crippen LogP) is 2.55. The first-order valence-electron chi connectivity index (χ1n) is 5.90. The minimum atomic E-state index is -4.61. The van der Waals surface area contributed by atoms with Gasteiger partial charge >= 0.3 is 12.1 Å². The molecule has 0 spiro atoms. The Balaban J connectivity index is 2.72. The van der Waals surface area contributed by atoms with Crippen molar-refractivity contribution < 1.29 is 27.9 Å². The van der Waals surface area contributed by atoms with Crippen LogP contribution in [0, 0.1) is 5.92 Å². The van der Waals surface area contributed by atoms with Crippen LogP contribution in [0.15, 0.2) is 24.3 Å². The monoisotopic (exact) mass is 289 g/mol. The average molecular weight is 289 g/mol. The van der Waals surface area contributed by atoms with Gasteiger partial charge in [0, 0.05) is 6.54 Å². The number of nitrogens with one attached hydrogen (secondary N) is 1. The van der Waals surface area contributed by atoms with Crippen molar-refractivity contribution in [2.45, 2.75) is 19.5 Å². The van der Waals surface area contributed by atoms with Gasteiger partial charge in [-0.15, -0.1) is 0 Å². The molecule has 1 aromatic rings. The van der Waals surface area contributed by atoms with Gasteiger partial charge in [0.05, 0.1) is 17.0 Å². The lowest BCUT2D eigenvalue weighted by molar-refractivity contribution is -0.141. The van der Waals surface area contributed by atoms with Crippen LogP contribution >= 0.6 is 0 Å². The highest BCUT2D eigenvalue weighted by atomic mass is 19.4. The summed E-state index contributed by atoms with van der Waals surface area (Å²) in [6.45, 7) is 1.46. The number of carboxylic acids is 1. The minimum absolute atomic E-state index is 0.00150. The highest BCUT2D eigenvalue weighted by molar-refractivity contribution is 5.95. The Bertz CT molecular complexity index is 500. The Kier molecular flexibility index (Phi) is 5.12. The molecular weight excluding hydrogens is 275 g/mol. The number of hydrogen-bond acceptors (Lipinski definition) is 2. The molecule has 0 aliphatic heterocycles. The Morgan fingerprint density at radius 2 is 1.90 bits per heavy atom. The lowest BCUT2D eigenvalue weighted by Crippen LogP contribution is -2.29. The number of rotatable bonds is 5. The second-order valence-corrected chi connectivity index (χ2v) is 4.33. The van der Waals surface area contributed by atoms with Crippen LogP contribution in [0.25, 0.3) is 0 Å². The van der Waals surface area contributed by atoms with Gasteiger partial charge in [-0.05, 0) is 18.6 Å². The van der Waals surface area contributed by atoms with E-state index in [1.807, 2.05) is 0 Å². The summed E-state index contributed by atoms with van der Waals surface area (Å²) in [6.07, 6.45) is -4.46. The maximum atomic E-state index is 12.7. The summed E-state index contributed by atoms with van der Waals surface area (Å²) in [7, 11) is 0. The standard InChI is InChI=1S/C13H14F3NO3/c1-8(12(19)20)6-7-17-11(18)9-4-2-3-5-10(9)13(14,15)16/h2-5,8H,6-7H2,1H3,(H,17,18)(H,19,20). The minimum Gasteiger partial charge on any atom is -0.481 e. The summed E-state index contributed by atoms with van der Waals surface area (Å²) in [5.74, 6) is -2.56. The molecule has 1 aromatic carbocycles. The number of hydrogen-bond donors (Lipinski definition) is 2. The van der Waals surface area contributed by atoms with Crippen LogP contribution in [0.5, 0.6) is 0 Å². The van der Waals surface area contributed by atoms with Crippen LogP contribution in [-0.4, -0.2) is 23.5 Å². The molecule has 0 saturated heterocycles. The smallest absolute Gasteiger partial charge is 0.417 e. The lowest BCUT2D eigenvalue weighted by Gasteiger charge is -2.13. The number of carboxylic acid groups (broad SMARTS) is 1. The molecule has 1 unspecified atom stereocenters. The van der Waals surface area contributed by atoms with Gasteiger partial charge in [0.25, 0.3) is 5.91 Å². The van der Waals surface area contributed by atoms with Gasteiger partial charge in [-0.25, -0.2) is 0 Å². The van der Waals surface area contributed by atoms with Crippen molar-refractivity contribution in [3.05, 3.63) is 35.4 Å². The largest absolute Gasteiger partial charge is 0.481 e. The van der Waals surface area contributed by atoms with Gasteiger partial charge < -0.3 is 10.4 Å². The molecular formula is C13H14F3NO3. The van der Waals surface area contributed by atoms with E-state index in [1.165, 1.54) is 19.1 Å². The Labute approximate surface area is 113 Å². The summed E-state index contributed by atoms with van der Waals surface area (Å²) in [6, 6.07) is 4.45. The van der Waals surface area contributed by atoms with Crippen LogP contribution < -0.4 is 5.32 Å². The Morgan fingerprint density at radius 3 is 2.45 bits per heavy atom. The number of alkyl halides is 3. The second kappa shape index (κ2) is 6.40. The number of amides is 1. The fourth-order valence-electron chi connectivity index (χ4n) is 1.55. The van der Waals surface area contributed by atoms with Crippen molar-refractivity contribution in [1.29, 1.82) is 0 Å². The van der Waals surface area contributed by atoms with Crippen LogP contribution in [-0.2, 0) is 11.0 Å². The molecule has 0 fully saturated rings. The first kappa shape index (κ1) is 16.0. The number of benzene rings is 1. The van der Waals surface area contributed by atoms with Crippen LogP contribution in [0.2, 0.25) is 0 Å². The molecule has 0 radical (unpaired) electrons. The van der Waals surface area contributed by atoms with Gasteiger partial charge in [-0.2, -0.15) is 13.2 Å². The van der Waals surface area contributed by atoms with E-state index in [0.29, 0.717) is 0 Å². The molecule has 2 N–H and O–H groups in total.